The number of carbonyl (C=O) groups is 1. The Balaban J connectivity index is 2.02. The summed E-state index contributed by atoms with van der Waals surface area (Å²) in [7, 11) is 0. The maximum atomic E-state index is 12.5. The second-order valence-corrected chi connectivity index (χ2v) is 7.80. The zero-order chi connectivity index (χ0) is 21.8. The van der Waals surface area contributed by atoms with Crippen LogP contribution in [0.3, 0.4) is 0 Å². The molecular formula is C20H24N2O7S. The van der Waals surface area contributed by atoms with Gasteiger partial charge in [-0.3, -0.25) is 0 Å². The first-order valence-corrected chi connectivity index (χ1v) is 10.3. The van der Waals surface area contributed by atoms with Crippen LogP contribution in [-0.2, 0) is 9.47 Å². The summed E-state index contributed by atoms with van der Waals surface area (Å²) < 4.78 is 10.7. The zero-order valence-electron chi connectivity index (χ0n) is 16.5. The molecule has 9 nitrogen and oxygen atoms in total. The lowest BCUT2D eigenvalue weighted by molar-refractivity contribution is -0.205. The summed E-state index contributed by atoms with van der Waals surface area (Å²) >= 11 is 0.895. The van der Waals surface area contributed by atoms with Crippen LogP contribution >= 0.6 is 11.8 Å². The average molecular weight is 436 g/mol. The van der Waals surface area contributed by atoms with Gasteiger partial charge in [0.1, 0.15) is 40.4 Å². The maximum Gasteiger partial charge on any atom is 0.342 e. The minimum absolute atomic E-state index is 0.124. The van der Waals surface area contributed by atoms with Crippen molar-refractivity contribution in [1.82, 2.24) is 9.97 Å². The van der Waals surface area contributed by atoms with E-state index in [9.17, 15) is 25.2 Å². The van der Waals surface area contributed by atoms with Crippen molar-refractivity contribution in [2.45, 2.75) is 48.7 Å². The molecular weight excluding hydrogens is 412 g/mol. The molecule has 10 heteroatoms. The molecule has 4 N–H and O–H groups in total. The van der Waals surface area contributed by atoms with Crippen molar-refractivity contribution < 1.29 is 34.7 Å². The number of aliphatic hydroxyl groups is 4. The van der Waals surface area contributed by atoms with Crippen LogP contribution in [0.2, 0.25) is 0 Å². The van der Waals surface area contributed by atoms with Gasteiger partial charge in [0.05, 0.1) is 18.9 Å². The number of ether oxygens (including phenoxy) is 2. The summed E-state index contributed by atoms with van der Waals surface area (Å²) in [6.07, 6.45) is -5.55. The van der Waals surface area contributed by atoms with E-state index < -0.39 is 42.4 Å². The lowest BCUT2D eigenvalue weighted by Gasteiger charge is -2.39. The fourth-order valence-corrected chi connectivity index (χ4v) is 4.27. The third-order valence-electron chi connectivity index (χ3n) is 4.64. The van der Waals surface area contributed by atoms with Crippen molar-refractivity contribution in [3.05, 3.63) is 41.6 Å². The van der Waals surface area contributed by atoms with E-state index >= 15 is 0 Å². The topological polar surface area (TPSA) is 142 Å². The fraction of sp³-hybridized carbons (Fsp3) is 0.450. The Kier molecular flexibility index (Phi) is 7.40. The molecule has 0 spiro atoms. The number of rotatable bonds is 6. The monoisotopic (exact) mass is 436 g/mol. The molecule has 0 saturated carbocycles. The van der Waals surface area contributed by atoms with Crippen molar-refractivity contribution in [3.63, 3.8) is 0 Å². The lowest BCUT2D eigenvalue weighted by atomic mass is 10.0. The van der Waals surface area contributed by atoms with Gasteiger partial charge in [0.2, 0.25) is 0 Å². The molecule has 5 atom stereocenters. The third-order valence-corrected chi connectivity index (χ3v) is 5.79. The van der Waals surface area contributed by atoms with Gasteiger partial charge in [-0.15, -0.1) is 0 Å². The van der Waals surface area contributed by atoms with E-state index in [0.29, 0.717) is 11.5 Å². The van der Waals surface area contributed by atoms with Gasteiger partial charge in [-0.1, -0.05) is 42.1 Å². The Morgan fingerprint density at radius 3 is 2.47 bits per heavy atom. The van der Waals surface area contributed by atoms with Crippen LogP contribution in [0.5, 0.6) is 0 Å². The average Bonchev–Trinajstić information content (AvgIpc) is 2.74. The first-order chi connectivity index (χ1) is 14.4. The normalized spacial score (nSPS) is 26.4. The Morgan fingerprint density at radius 2 is 1.83 bits per heavy atom. The summed E-state index contributed by atoms with van der Waals surface area (Å²) in [4.78, 5) is 21.4. The molecule has 162 valence electrons. The standard InChI is InChI=1S/C20H24N2O7S/c1-3-28-19(27)13-10(2)21-17(11-7-5-4-6-8-11)22-18(13)30-20-16(26)15(25)14(24)12(9-23)29-20/h4-8,12,14-16,20,23-26H,3,9H2,1-2H3/t12-,14-,15+,16-,20+/m1/s1. The number of thioether (sulfide) groups is 1. The number of carbonyl (C=O) groups excluding carboxylic acids is 1. The van der Waals surface area contributed by atoms with E-state index in [-0.39, 0.29) is 17.2 Å². The molecule has 1 aromatic carbocycles. The maximum absolute atomic E-state index is 12.5. The predicted octanol–water partition coefficient (Wildman–Crippen LogP) is 0.521. The minimum Gasteiger partial charge on any atom is -0.462 e. The summed E-state index contributed by atoms with van der Waals surface area (Å²) in [6.45, 7) is 2.93. The molecule has 1 aliphatic heterocycles. The van der Waals surface area contributed by atoms with E-state index in [1.165, 1.54) is 0 Å². The van der Waals surface area contributed by atoms with Crippen LogP contribution in [0.4, 0.5) is 0 Å². The zero-order valence-corrected chi connectivity index (χ0v) is 17.3. The molecule has 1 fully saturated rings. The van der Waals surface area contributed by atoms with Gasteiger partial charge >= 0.3 is 5.97 Å². The Bertz CT molecular complexity index is 881. The summed E-state index contributed by atoms with van der Waals surface area (Å²) in [5.74, 6) is -0.255. The first kappa shape index (κ1) is 22.6. The molecule has 2 aromatic rings. The number of aliphatic hydroxyl groups excluding tert-OH is 4. The molecule has 0 radical (unpaired) electrons. The summed E-state index contributed by atoms with van der Waals surface area (Å²) in [5.41, 5.74) is 0.145. The molecule has 2 heterocycles. The van der Waals surface area contributed by atoms with Crippen LogP contribution in [0.1, 0.15) is 23.0 Å². The molecule has 0 bridgehead atoms. The van der Waals surface area contributed by atoms with Crippen LogP contribution < -0.4 is 0 Å². The van der Waals surface area contributed by atoms with Gasteiger partial charge in [-0.25, -0.2) is 14.8 Å². The van der Waals surface area contributed by atoms with E-state index in [1.807, 2.05) is 30.3 Å². The highest BCUT2D eigenvalue weighted by atomic mass is 32.2. The molecule has 30 heavy (non-hydrogen) atoms. The Labute approximate surface area is 177 Å². The fourth-order valence-electron chi connectivity index (χ4n) is 3.06. The van der Waals surface area contributed by atoms with Gasteiger partial charge in [0.15, 0.2) is 5.82 Å². The van der Waals surface area contributed by atoms with Gasteiger partial charge < -0.3 is 29.9 Å². The van der Waals surface area contributed by atoms with Crippen molar-refractivity contribution in [1.29, 1.82) is 0 Å². The number of esters is 1. The number of benzene rings is 1. The summed E-state index contributed by atoms with van der Waals surface area (Å²) in [6, 6.07) is 9.16. The third kappa shape index (κ3) is 4.64. The molecule has 0 aliphatic carbocycles. The van der Waals surface area contributed by atoms with E-state index in [2.05, 4.69) is 9.97 Å². The highest BCUT2D eigenvalue weighted by Crippen LogP contribution is 2.36. The lowest BCUT2D eigenvalue weighted by Crippen LogP contribution is -2.57. The van der Waals surface area contributed by atoms with E-state index in [4.69, 9.17) is 9.47 Å². The minimum atomic E-state index is -1.53. The van der Waals surface area contributed by atoms with Crippen molar-refractivity contribution in [2.24, 2.45) is 0 Å². The molecule has 1 aromatic heterocycles. The number of aromatic nitrogens is 2. The molecule has 3 rings (SSSR count). The second-order valence-electron chi connectivity index (χ2n) is 6.71. The quantitative estimate of drug-likeness (QED) is 0.374. The molecule has 1 aliphatic rings. The van der Waals surface area contributed by atoms with E-state index in [0.717, 1.165) is 17.3 Å². The van der Waals surface area contributed by atoms with E-state index in [1.54, 1.807) is 13.8 Å². The highest BCUT2D eigenvalue weighted by Gasteiger charge is 2.44. The van der Waals surface area contributed by atoms with Crippen LogP contribution in [0.25, 0.3) is 11.4 Å². The van der Waals surface area contributed by atoms with Gasteiger partial charge in [0.25, 0.3) is 0 Å². The van der Waals surface area contributed by atoms with Crippen LogP contribution in [0, 0.1) is 6.92 Å². The SMILES string of the molecule is CCOC(=O)c1c(C)nc(-c2ccccc2)nc1S[C@@H]1O[C@H](CO)[C@@H](O)[C@H](O)[C@H]1O. The summed E-state index contributed by atoms with van der Waals surface area (Å²) in [5, 5.41) is 40.0. The first-order valence-electron chi connectivity index (χ1n) is 9.45. The highest BCUT2D eigenvalue weighted by molar-refractivity contribution is 7.99. The van der Waals surface area contributed by atoms with Gasteiger partial charge in [-0.05, 0) is 13.8 Å². The molecule has 1 saturated heterocycles. The largest absolute Gasteiger partial charge is 0.462 e. The number of hydrogen-bond donors (Lipinski definition) is 4. The van der Waals surface area contributed by atoms with Crippen LogP contribution in [-0.4, -0.2) is 79.4 Å². The molecule has 0 unspecified atom stereocenters. The predicted molar refractivity (Wildman–Crippen MR) is 108 cm³/mol. The smallest absolute Gasteiger partial charge is 0.342 e. The van der Waals surface area contributed by atoms with Gasteiger partial charge in [0, 0.05) is 5.56 Å². The Hall–Kier alpha value is -2.08. The van der Waals surface area contributed by atoms with Crippen molar-refractivity contribution in [2.75, 3.05) is 13.2 Å². The van der Waals surface area contributed by atoms with Gasteiger partial charge in [-0.2, -0.15) is 0 Å². The molecule has 0 amide bonds. The second kappa shape index (κ2) is 9.82. The van der Waals surface area contributed by atoms with Crippen LogP contribution in [0.15, 0.2) is 35.4 Å². The van der Waals surface area contributed by atoms with Crippen molar-refractivity contribution >= 4 is 17.7 Å². The Morgan fingerprint density at radius 1 is 1.13 bits per heavy atom. The van der Waals surface area contributed by atoms with Crippen molar-refractivity contribution in [3.8, 4) is 11.4 Å². The number of hydrogen-bond acceptors (Lipinski definition) is 10. The number of nitrogens with zero attached hydrogens (tertiary/aromatic N) is 2. The number of aryl methyl sites for hydroxylation is 1.